The van der Waals surface area contributed by atoms with Crippen molar-refractivity contribution < 1.29 is 0 Å². The van der Waals surface area contributed by atoms with E-state index in [0.29, 0.717) is 0 Å². The van der Waals surface area contributed by atoms with Crippen molar-refractivity contribution in [3.63, 3.8) is 0 Å². The quantitative estimate of drug-likeness (QED) is 0.260. The molecule has 0 nitrogen and oxygen atoms in total. The van der Waals surface area contributed by atoms with Gasteiger partial charge in [-0.3, -0.25) is 0 Å². The molecule has 0 aromatic rings. The van der Waals surface area contributed by atoms with E-state index in [-0.39, 0.29) is 0 Å². The Morgan fingerprint density at radius 2 is 1.53 bits per heavy atom. The fourth-order valence-corrected chi connectivity index (χ4v) is 1.65. The molecular weight excluding hydrogens is 204 g/mol. The zero-order chi connectivity index (χ0) is 13.1. The van der Waals surface area contributed by atoms with E-state index in [0.717, 1.165) is 12.0 Å². The Morgan fingerprint density at radius 1 is 0.941 bits per heavy atom. The van der Waals surface area contributed by atoms with Crippen molar-refractivity contribution in [2.45, 2.75) is 59.3 Å². The van der Waals surface area contributed by atoms with Crippen LogP contribution in [-0.4, -0.2) is 0 Å². The predicted octanol–water partition coefficient (Wildman–Crippen LogP) is 5.98. The van der Waals surface area contributed by atoms with Crippen LogP contribution in [0.3, 0.4) is 0 Å². The van der Waals surface area contributed by atoms with Gasteiger partial charge in [-0.2, -0.15) is 0 Å². The topological polar surface area (TPSA) is 0 Å². The molecule has 0 heteroatoms. The molecule has 0 spiro atoms. The van der Waals surface area contributed by atoms with Gasteiger partial charge in [0, 0.05) is 0 Å². The Morgan fingerprint density at radius 3 is 2.12 bits per heavy atom. The first kappa shape index (κ1) is 16.0. The molecule has 0 aliphatic rings. The van der Waals surface area contributed by atoms with Crippen molar-refractivity contribution in [3.05, 3.63) is 48.1 Å². The van der Waals surface area contributed by atoms with E-state index >= 15 is 0 Å². The third-order valence-corrected chi connectivity index (χ3v) is 2.81. The van der Waals surface area contributed by atoms with Gasteiger partial charge in [-0.05, 0) is 59.3 Å². The van der Waals surface area contributed by atoms with Gasteiger partial charge in [0.25, 0.3) is 0 Å². The Kier molecular flexibility index (Phi) is 9.52. The average molecular weight is 232 g/mol. The summed E-state index contributed by atoms with van der Waals surface area (Å²) in [5, 5.41) is 0. The van der Waals surface area contributed by atoms with E-state index in [2.05, 4.69) is 46.1 Å². The molecule has 0 aliphatic heterocycles. The molecule has 0 aromatic carbocycles. The fourth-order valence-electron chi connectivity index (χ4n) is 1.65. The first-order valence-corrected chi connectivity index (χ1v) is 6.65. The molecule has 0 saturated carbocycles. The molecule has 0 bridgehead atoms. The van der Waals surface area contributed by atoms with Gasteiger partial charge in [0.05, 0.1) is 0 Å². The molecule has 0 N–H and O–H groups in total. The molecule has 0 radical (unpaired) electrons. The van der Waals surface area contributed by atoms with Crippen molar-refractivity contribution in [2.24, 2.45) is 0 Å². The molecule has 0 rings (SSSR count). The summed E-state index contributed by atoms with van der Waals surface area (Å²) in [5.41, 5.74) is 4.10. The highest BCUT2D eigenvalue weighted by Gasteiger charge is 1.92. The van der Waals surface area contributed by atoms with Gasteiger partial charge in [0.2, 0.25) is 0 Å². The van der Waals surface area contributed by atoms with E-state index < -0.39 is 0 Å². The smallest absolute Gasteiger partial charge is 0.0282 e. The second-order valence-electron chi connectivity index (χ2n) is 4.98. The number of unbranched alkanes of at least 4 members (excludes halogenated alkanes) is 2. The van der Waals surface area contributed by atoms with Crippen molar-refractivity contribution in [1.29, 1.82) is 0 Å². The van der Waals surface area contributed by atoms with Crippen LogP contribution in [0, 0.1) is 0 Å². The third-order valence-electron chi connectivity index (χ3n) is 2.81. The van der Waals surface area contributed by atoms with Crippen molar-refractivity contribution in [2.75, 3.05) is 0 Å². The van der Waals surface area contributed by atoms with Crippen LogP contribution < -0.4 is 0 Å². The lowest BCUT2D eigenvalue weighted by Gasteiger charge is -2.01. The SMILES string of the molecule is C=CC(=C)CCC/C=C(\C)CCCC=C(C)C. The molecule has 0 unspecified atom stereocenters. The van der Waals surface area contributed by atoms with Gasteiger partial charge < -0.3 is 0 Å². The molecule has 0 amide bonds. The Bertz CT molecular complexity index is 285. The van der Waals surface area contributed by atoms with E-state index in [1.54, 1.807) is 0 Å². The fraction of sp³-hybridized carbons (Fsp3) is 0.529. The summed E-state index contributed by atoms with van der Waals surface area (Å²) < 4.78 is 0. The molecule has 0 aromatic heterocycles. The molecule has 0 atom stereocenters. The summed E-state index contributed by atoms with van der Waals surface area (Å²) in [4.78, 5) is 0. The van der Waals surface area contributed by atoms with Crippen LogP contribution >= 0.6 is 0 Å². The number of rotatable bonds is 9. The number of hydrogen-bond acceptors (Lipinski definition) is 0. The largest absolute Gasteiger partial charge is 0.0988 e. The highest BCUT2D eigenvalue weighted by molar-refractivity contribution is 5.10. The summed E-state index contributed by atoms with van der Waals surface area (Å²) >= 11 is 0. The molecule has 0 aliphatic carbocycles. The van der Waals surface area contributed by atoms with Crippen LogP contribution in [0.1, 0.15) is 59.3 Å². The normalized spacial score (nSPS) is 11.1. The van der Waals surface area contributed by atoms with Gasteiger partial charge in [-0.15, -0.1) is 0 Å². The minimum Gasteiger partial charge on any atom is -0.0988 e. The van der Waals surface area contributed by atoms with Crippen LogP contribution in [0.15, 0.2) is 48.1 Å². The summed E-state index contributed by atoms with van der Waals surface area (Å²) in [5.74, 6) is 0. The summed E-state index contributed by atoms with van der Waals surface area (Å²) in [6.07, 6.45) is 13.7. The first-order valence-electron chi connectivity index (χ1n) is 6.65. The maximum absolute atomic E-state index is 3.92. The molecular formula is C17H28. The van der Waals surface area contributed by atoms with E-state index in [4.69, 9.17) is 0 Å². The first-order chi connectivity index (χ1) is 8.06. The average Bonchev–Trinajstić information content (AvgIpc) is 2.29. The standard InChI is InChI=1S/C17H28/c1-6-16(4)12-9-10-14-17(5)13-8-7-11-15(2)3/h6,11,14H,1,4,7-10,12-13H2,2-3,5H3/b17-14+. The Hall–Kier alpha value is -1.04. The van der Waals surface area contributed by atoms with Gasteiger partial charge >= 0.3 is 0 Å². The lowest BCUT2D eigenvalue weighted by atomic mass is 10.1. The zero-order valence-corrected chi connectivity index (χ0v) is 11.9. The summed E-state index contributed by atoms with van der Waals surface area (Å²) in [7, 11) is 0. The van der Waals surface area contributed by atoms with Crippen LogP contribution in [-0.2, 0) is 0 Å². The lowest BCUT2D eigenvalue weighted by molar-refractivity contribution is 0.802. The van der Waals surface area contributed by atoms with Crippen LogP contribution in [0.25, 0.3) is 0 Å². The lowest BCUT2D eigenvalue weighted by Crippen LogP contribution is -1.81. The monoisotopic (exact) mass is 232 g/mol. The maximum atomic E-state index is 3.92. The second kappa shape index (κ2) is 10.1. The van der Waals surface area contributed by atoms with E-state index in [1.807, 2.05) is 6.08 Å². The van der Waals surface area contributed by atoms with Gasteiger partial charge in [0.1, 0.15) is 0 Å². The third kappa shape index (κ3) is 11.2. The molecule has 0 heterocycles. The van der Waals surface area contributed by atoms with Gasteiger partial charge in [0.15, 0.2) is 0 Å². The predicted molar refractivity (Wildman–Crippen MR) is 80.2 cm³/mol. The highest BCUT2D eigenvalue weighted by Crippen LogP contribution is 2.12. The number of allylic oxidation sites excluding steroid dienone is 6. The van der Waals surface area contributed by atoms with Crippen LogP contribution in [0.2, 0.25) is 0 Å². The number of hydrogen-bond donors (Lipinski definition) is 0. The Labute approximate surface area is 108 Å². The van der Waals surface area contributed by atoms with Crippen LogP contribution in [0.4, 0.5) is 0 Å². The molecule has 17 heavy (non-hydrogen) atoms. The zero-order valence-electron chi connectivity index (χ0n) is 11.9. The van der Waals surface area contributed by atoms with Gasteiger partial charge in [-0.25, -0.2) is 0 Å². The molecule has 96 valence electrons. The Balaban J connectivity index is 3.61. The van der Waals surface area contributed by atoms with Crippen molar-refractivity contribution >= 4 is 0 Å². The minimum absolute atomic E-state index is 1.07. The van der Waals surface area contributed by atoms with Crippen LogP contribution in [0.5, 0.6) is 0 Å². The maximum Gasteiger partial charge on any atom is -0.0282 e. The summed E-state index contributed by atoms with van der Waals surface area (Å²) in [6, 6.07) is 0. The minimum atomic E-state index is 1.07. The van der Waals surface area contributed by atoms with Crippen molar-refractivity contribution in [1.82, 2.24) is 0 Å². The van der Waals surface area contributed by atoms with Gasteiger partial charge in [-0.1, -0.05) is 48.1 Å². The molecule has 0 saturated heterocycles. The summed E-state index contributed by atoms with van der Waals surface area (Å²) in [6.45, 7) is 14.2. The molecule has 0 fully saturated rings. The van der Waals surface area contributed by atoms with Crippen molar-refractivity contribution in [3.8, 4) is 0 Å². The highest BCUT2D eigenvalue weighted by atomic mass is 14.0. The second-order valence-corrected chi connectivity index (χ2v) is 4.98. The van der Waals surface area contributed by atoms with E-state index in [9.17, 15) is 0 Å². The van der Waals surface area contributed by atoms with E-state index in [1.165, 1.54) is 43.3 Å².